The fourth-order valence-corrected chi connectivity index (χ4v) is 1.97. The van der Waals surface area contributed by atoms with Crippen LogP contribution in [0.5, 0.6) is 0 Å². The molecule has 0 fully saturated rings. The molecule has 0 atom stereocenters. The van der Waals surface area contributed by atoms with Gasteiger partial charge in [-0.05, 0) is 28.2 Å². The van der Waals surface area contributed by atoms with Gasteiger partial charge < -0.3 is 0 Å². The summed E-state index contributed by atoms with van der Waals surface area (Å²) in [7, 11) is 0. The molecule has 0 bridgehead atoms. The number of hydrogen-bond donors (Lipinski definition) is 1. The number of aromatic amines is 1. The third-order valence-corrected chi connectivity index (χ3v) is 3.06. The SMILES string of the molecule is O=c1c[n+](-c2ccccc2C#Cc2ccc([N+](=O)[O-])cc2)[nH]o1. The summed E-state index contributed by atoms with van der Waals surface area (Å²) in [5.41, 5.74) is 1.50. The van der Waals surface area contributed by atoms with Crippen molar-refractivity contribution in [2.45, 2.75) is 0 Å². The molecular formula is C16H10N3O4+. The Morgan fingerprint density at radius 2 is 1.83 bits per heavy atom. The van der Waals surface area contributed by atoms with E-state index in [0.717, 1.165) is 0 Å². The molecule has 3 rings (SSSR count). The van der Waals surface area contributed by atoms with Crippen LogP contribution in [-0.4, -0.2) is 10.2 Å². The molecule has 1 heterocycles. The van der Waals surface area contributed by atoms with Crippen molar-refractivity contribution in [1.82, 2.24) is 5.27 Å². The zero-order chi connectivity index (χ0) is 16.2. The molecule has 0 radical (unpaired) electrons. The monoisotopic (exact) mass is 308 g/mol. The van der Waals surface area contributed by atoms with Crippen molar-refractivity contribution in [3.63, 3.8) is 0 Å². The number of para-hydroxylation sites is 1. The second kappa shape index (κ2) is 5.99. The number of nitrogens with one attached hydrogen (secondary N) is 1. The smallest absolute Gasteiger partial charge is 0.283 e. The Hall–Kier alpha value is -3.66. The minimum atomic E-state index is -0.497. The quantitative estimate of drug-likeness (QED) is 0.336. The molecule has 2 aromatic carbocycles. The number of benzene rings is 2. The first kappa shape index (κ1) is 14.3. The van der Waals surface area contributed by atoms with Crippen LogP contribution in [-0.2, 0) is 0 Å². The van der Waals surface area contributed by atoms with Crippen molar-refractivity contribution in [2.75, 3.05) is 0 Å². The van der Waals surface area contributed by atoms with Crippen LogP contribution >= 0.6 is 0 Å². The molecule has 0 saturated heterocycles. The van der Waals surface area contributed by atoms with Crippen LogP contribution in [0.1, 0.15) is 11.1 Å². The molecule has 0 unspecified atom stereocenters. The number of H-pyrrole nitrogens is 1. The van der Waals surface area contributed by atoms with Crippen LogP contribution in [0.3, 0.4) is 0 Å². The third-order valence-electron chi connectivity index (χ3n) is 3.06. The highest BCUT2D eigenvalue weighted by atomic mass is 16.6. The van der Waals surface area contributed by atoms with E-state index in [2.05, 4.69) is 21.6 Å². The lowest BCUT2D eigenvalue weighted by Gasteiger charge is -1.94. The van der Waals surface area contributed by atoms with Crippen molar-refractivity contribution >= 4 is 5.69 Å². The summed E-state index contributed by atoms with van der Waals surface area (Å²) in [6.45, 7) is 0. The largest absolute Gasteiger partial charge is 0.427 e. The number of aromatic nitrogens is 2. The van der Waals surface area contributed by atoms with Gasteiger partial charge in [0, 0.05) is 23.8 Å². The van der Waals surface area contributed by atoms with Crippen LogP contribution in [0, 0.1) is 22.0 Å². The molecule has 1 aromatic heterocycles. The summed E-state index contributed by atoms with van der Waals surface area (Å²) in [6, 6.07) is 13.2. The van der Waals surface area contributed by atoms with E-state index in [-0.39, 0.29) is 5.69 Å². The number of nitrogens with zero attached hydrogens (tertiary/aromatic N) is 2. The molecule has 0 spiro atoms. The van der Waals surface area contributed by atoms with Gasteiger partial charge in [-0.3, -0.25) is 14.6 Å². The second-order valence-electron chi connectivity index (χ2n) is 4.58. The Morgan fingerprint density at radius 3 is 2.48 bits per heavy atom. The molecule has 0 aliphatic carbocycles. The summed E-state index contributed by atoms with van der Waals surface area (Å²) in [5.74, 6) is 5.92. The van der Waals surface area contributed by atoms with E-state index in [1.165, 1.54) is 23.0 Å². The minimum Gasteiger partial charge on any atom is -0.283 e. The Bertz CT molecular complexity index is 975. The summed E-state index contributed by atoms with van der Waals surface area (Å²) < 4.78 is 6.08. The first-order chi connectivity index (χ1) is 11.1. The maximum absolute atomic E-state index is 11.1. The second-order valence-corrected chi connectivity index (χ2v) is 4.58. The summed E-state index contributed by atoms with van der Waals surface area (Å²) in [4.78, 5) is 21.3. The maximum atomic E-state index is 11.1. The van der Waals surface area contributed by atoms with E-state index >= 15 is 0 Å². The van der Waals surface area contributed by atoms with Crippen LogP contribution in [0.4, 0.5) is 5.69 Å². The summed E-state index contributed by atoms with van der Waals surface area (Å²) >= 11 is 0. The molecule has 7 heteroatoms. The van der Waals surface area contributed by atoms with Gasteiger partial charge in [0.25, 0.3) is 17.6 Å². The van der Waals surface area contributed by atoms with Gasteiger partial charge in [-0.1, -0.05) is 24.0 Å². The van der Waals surface area contributed by atoms with Crippen LogP contribution in [0.15, 0.2) is 64.0 Å². The molecular weight excluding hydrogens is 298 g/mol. The number of nitro benzene ring substituents is 1. The fraction of sp³-hybridized carbons (Fsp3) is 0. The number of hydrogen-bond acceptors (Lipinski definition) is 4. The molecule has 0 saturated carbocycles. The highest BCUT2D eigenvalue weighted by molar-refractivity contribution is 5.50. The van der Waals surface area contributed by atoms with Crippen molar-refractivity contribution in [1.29, 1.82) is 0 Å². The molecule has 0 aliphatic rings. The topological polar surface area (TPSA) is 93.0 Å². The molecule has 0 aliphatic heterocycles. The molecule has 0 amide bonds. The average Bonchev–Trinajstić information content (AvgIpc) is 3.00. The van der Waals surface area contributed by atoms with Gasteiger partial charge in [0.05, 0.1) is 10.5 Å². The molecule has 7 nitrogen and oxygen atoms in total. The van der Waals surface area contributed by atoms with Gasteiger partial charge in [0.1, 0.15) is 0 Å². The highest BCUT2D eigenvalue weighted by Crippen LogP contribution is 2.11. The van der Waals surface area contributed by atoms with E-state index < -0.39 is 10.5 Å². The first-order valence-electron chi connectivity index (χ1n) is 6.59. The van der Waals surface area contributed by atoms with Gasteiger partial charge in [-0.25, -0.2) is 4.79 Å². The lowest BCUT2D eigenvalue weighted by atomic mass is 10.1. The lowest BCUT2D eigenvalue weighted by Crippen LogP contribution is -2.33. The van der Waals surface area contributed by atoms with Gasteiger partial charge in [0.15, 0.2) is 0 Å². The number of nitro groups is 1. The van der Waals surface area contributed by atoms with Gasteiger partial charge in [0.2, 0.25) is 0 Å². The fourth-order valence-electron chi connectivity index (χ4n) is 1.97. The Balaban J connectivity index is 1.95. The molecule has 23 heavy (non-hydrogen) atoms. The Morgan fingerprint density at radius 1 is 1.09 bits per heavy atom. The van der Waals surface area contributed by atoms with Crippen molar-refractivity contribution in [2.24, 2.45) is 0 Å². The van der Waals surface area contributed by atoms with Crippen LogP contribution in [0.25, 0.3) is 5.69 Å². The van der Waals surface area contributed by atoms with E-state index in [1.54, 1.807) is 24.3 Å². The van der Waals surface area contributed by atoms with Crippen LogP contribution < -0.4 is 10.3 Å². The van der Waals surface area contributed by atoms with Gasteiger partial charge in [-0.15, -0.1) is 0 Å². The van der Waals surface area contributed by atoms with Gasteiger partial charge in [-0.2, -0.15) is 0 Å². The van der Waals surface area contributed by atoms with Crippen molar-refractivity contribution in [3.05, 3.63) is 86.4 Å². The van der Waals surface area contributed by atoms with Gasteiger partial charge >= 0.3 is 5.63 Å². The maximum Gasteiger partial charge on any atom is 0.427 e. The highest BCUT2D eigenvalue weighted by Gasteiger charge is 2.14. The first-order valence-corrected chi connectivity index (χ1v) is 6.59. The number of non-ortho nitro benzene ring substituents is 1. The van der Waals surface area contributed by atoms with E-state index in [4.69, 9.17) is 0 Å². The van der Waals surface area contributed by atoms with E-state index in [0.29, 0.717) is 16.8 Å². The summed E-state index contributed by atoms with van der Waals surface area (Å²) in [5, 5.41) is 13.1. The minimum absolute atomic E-state index is 0.0162. The predicted octanol–water partition coefficient (Wildman–Crippen LogP) is 1.55. The predicted molar refractivity (Wildman–Crippen MR) is 79.9 cm³/mol. The standard InChI is InChI=1S/C16H9N3O4/c20-16-11-18(17-23-16)15-4-2-1-3-13(15)8-5-12-6-9-14(10-7-12)19(21)22/h1-4,6-7,9-11H/p+1. The zero-order valence-corrected chi connectivity index (χ0v) is 11.7. The van der Waals surface area contributed by atoms with Crippen molar-refractivity contribution < 1.29 is 14.1 Å². The van der Waals surface area contributed by atoms with Crippen molar-refractivity contribution in [3.8, 4) is 17.5 Å². The Labute approximate surface area is 129 Å². The lowest BCUT2D eigenvalue weighted by molar-refractivity contribution is -0.670. The normalized spacial score (nSPS) is 9.91. The molecule has 3 aromatic rings. The van der Waals surface area contributed by atoms with E-state index in [1.807, 2.05) is 12.1 Å². The summed E-state index contributed by atoms with van der Waals surface area (Å²) in [6.07, 6.45) is 1.27. The number of rotatable bonds is 2. The average molecular weight is 308 g/mol. The Kier molecular flexibility index (Phi) is 3.72. The van der Waals surface area contributed by atoms with Crippen LogP contribution in [0.2, 0.25) is 0 Å². The third kappa shape index (κ3) is 3.16. The molecule has 1 N–H and O–H groups in total. The molecule has 112 valence electrons. The van der Waals surface area contributed by atoms with E-state index in [9.17, 15) is 14.9 Å². The zero-order valence-electron chi connectivity index (χ0n) is 11.7.